The molecule has 0 fully saturated rings. The Hall–Kier alpha value is -0.800. The lowest BCUT2D eigenvalue weighted by molar-refractivity contribution is 0.316. The molecule has 0 radical (unpaired) electrons. The summed E-state index contributed by atoms with van der Waals surface area (Å²) in [5, 5.41) is 0. The van der Waals surface area contributed by atoms with Gasteiger partial charge in [-0.25, -0.2) is 4.39 Å². The Labute approximate surface area is 64.2 Å². The van der Waals surface area contributed by atoms with Crippen molar-refractivity contribution in [2.45, 2.75) is 0 Å². The fourth-order valence-corrected chi connectivity index (χ4v) is 0.540. The highest BCUT2D eigenvalue weighted by Crippen LogP contribution is 2.12. The van der Waals surface area contributed by atoms with Crippen molar-refractivity contribution in [3.63, 3.8) is 0 Å². The Morgan fingerprint density at radius 2 is 1.90 bits per heavy atom. The third kappa shape index (κ3) is 1.86. The van der Waals surface area contributed by atoms with Crippen molar-refractivity contribution >= 4 is 12.4 Å². The maximum Gasteiger partial charge on any atom is 0.182 e. The molecule has 2 N–H and O–H groups in total. The molecular weight excluding hydrogens is 157 g/mol. The lowest BCUT2D eigenvalue weighted by Crippen LogP contribution is -2.02. The van der Waals surface area contributed by atoms with Crippen molar-refractivity contribution in [1.82, 2.24) is 0 Å². The minimum absolute atomic E-state index is 0. The van der Waals surface area contributed by atoms with Crippen LogP contribution in [0.3, 0.4) is 0 Å². The molecule has 1 aromatic carbocycles. The first-order chi connectivity index (χ1) is 4.34. The maximum atomic E-state index is 12.4. The van der Waals surface area contributed by atoms with Crippen molar-refractivity contribution in [2.24, 2.45) is 5.90 Å². The molecule has 0 amide bonds. The van der Waals surface area contributed by atoms with E-state index in [1.807, 2.05) is 0 Å². The first kappa shape index (κ1) is 9.20. The number of nitrogens with two attached hydrogens (primary N) is 1. The highest BCUT2D eigenvalue weighted by Gasteiger charge is 1.96. The van der Waals surface area contributed by atoms with Crippen LogP contribution in [0.25, 0.3) is 0 Å². The van der Waals surface area contributed by atoms with E-state index in [0.717, 1.165) is 0 Å². The van der Waals surface area contributed by atoms with Gasteiger partial charge in [0.2, 0.25) is 0 Å². The molecule has 4 heteroatoms. The van der Waals surface area contributed by atoms with Gasteiger partial charge >= 0.3 is 0 Å². The van der Waals surface area contributed by atoms with Crippen molar-refractivity contribution in [1.29, 1.82) is 0 Å². The van der Waals surface area contributed by atoms with Crippen molar-refractivity contribution in [2.75, 3.05) is 0 Å². The van der Waals surface area contributed by atoms with Crippen LogP contribution >= 0.6 is 12.4 Å². The summed E-state index contributed by atoms with van der Waals surface area (Å²) in [5.74, 6) is 4.33. The summed E-state index contributed by atoms with van der Waals surface area (Å²) in [7, 11) is 0. The Morgan fingerprint density at radius 1 is 1.30 bits per heavy atom. The minimum Gasteiger partial charge on any atom is -0.408 e. The highest BCUT2D eigenvalue weighted by molar-refractivity contribution is 5.85. The average molecular weight is 164 g/mol. The number of rotatable bonds is 1. The summed E-state index contributed by atoms with van der Waals surface area (Å²) < 4.78 is 12.4. The number of hydrogen-bond donors (Lipinski definition) is 1. The summed E-state index contributed by atoms with van der Waals surface area (Å²) in [4.78, 5) is 4.17. The molecule has 1 aromatic rings. The van der Waals surface area contributed by atoms with Crippen LogP contribution in [0.15, 0.2) is 24.3 Å². The normalized spacial score (nSPS) is 8.20. The van der Waals surface area contributed by atoms with Crippen LogP contribution in [0, 0.1) is 5.82 Å². The predicted octanol–water partition coefficient (Wildman–Crippen LogP) is 1.50. The lowest BCUT2D eigenvalue weighted by Gasteiger charge is -1.96. The molecule has 1 rings (SSSR count). The standard InChI is InChI=1S/C6H6FNO.ClH/c7-5-3-1-2-4-6(5)9-8;/h1-4H,8H2;1H. The molecule has 0 bridgehead atoms. The summed E-state index contributed by atoms with van der Waals surface area (Å²) in [6.45, 7) is 0. The van der Waals surface area contributed by atoms with Gasteiger partial charge in [0.15, 0.2) is 11.6 Å². The summed E-state index contributed by atoms with van der Waals surface area (Å²) in [5.41, 5.74) is 0. The zero-order chi connectivity index (χ0) is 6.69. The van der Waals surface area contributed by atoms with Crippen LogP contribution in [-0.2, 0) is 0 Å². The molecule has 0 aliphatic carbocycles. The zero-order valence-electron chi connectivity index (χ0n) is 5.08. The number of para-hydroxylation sites is 1. The number of hydrogen-bond acceptors (Lipinski definition) is 2. The highest BCUT2D eigenvalue weighted by atomic mass is 35.5. The fourth-order valence-electron chi connectivity index (χ4n) is 0.540. The summed E-state index contributed by atoms with van der Waals surface area (Å²) in [6.07, 6.45) is 0. The zero-order valence-corrected chi connectivity index (χ0v) is 5.90. The van der Waals surface area contributed by atoms with Gasteiger partial charge in [-0.05, 0) is 12.1 Å². The molecule has 0 aliphatic rings. The van der Waals surface area contributed by atoms with E-state index in [-0.39, 0.29) is 18.2 Å². The number of halogens is 2. The van der Waals surface area contributed by atoms with Crippen molar-refractivity contribution < 1.29 is 9.23 Å². The van der Waals surface area contributed by atoms with Crippen molar-refractivity contribution in [3.05, 3.63) is 30.1 Å². The van der Waals surface area contributed by atoms with Crippen LogP contribution in [0.2, 0.25) is 0 Å². The summed E-state index contributed by atoms with van der Waals surface area (Å²) in [6, 6.07) is 5.95. The van der Waals surface area contributed by atoms with Crippen molar-refractivity contribution in [3.8, 4) is 5.75 Å². The van der Waals surface area contributed by atoms with Gasteiger partial charge in [-0.1, -0.05) is 12.1 Å². The quantitative estimate of drug-likeness (QED) is 0.637. The van der Waals surface area contributed by atoms with Gasteiger partial charge < -0.3 is 4.84 Å². The van der Waals surface area contributed by atoms with E-state index < -0.39 is 5.82 Å². The Balaban J connectivity index is 0.000000810. The van der Waals surface area contributed by atoms with Crippen LogP contribution in [0.5, 0.6) is 5.75 Å². The van der Waals surface area contributed by atoms with Gasteiger partial charge in [-0.15, -0.1) is 12.4 Å². The molecule has 0 saturated heterocycles. The Morgan fingerprint density at radius 3 is 2.30 bits per heavy atom. The molecule has 0 saturated carbocycles. The first-order valence-electron chi connectivity index (χ1n) is 2.46. The monoisotopic (exact) mass is 163 g/mol. The molecule has 0 unspecified atom stereocenters. The van der Waals surface area contributed by atoms with Crippen LogP contribution in [0.4, 0.5) is 4.39 Å². The fraction of sp³-hybridized carbons (Fsp3) is 0. The maximum absolute atomic E-state index is 12.4. The van der Waals surface area contributed by atoms with Crippen LogP contribution in [0.1, 0.15) is 0 Å². The topological polar surface area (TPSA) is 35.2 Å². The molecule has 0 spiro atoms. The molecule has 0 aliphatic heterocycles. The van der Waals surface area contributed by atoms with Gasteiger partial charge in [0, 0.05) is 0 Å². The molecule has 10 heavy (non-hydrogen) atoms. The van der Waals surface area contributed by atoms with Gasteiger partial charge in [0.1, 0.15) is 0 Å². The molecule has 2 nitrogen and oxygen atoms in total. The predicted molar refractivity (Wildman–Crippen MR) is 38.5 cm³/mol. The molecule has 0 aromatic heterocycles. The molecular formula is C6H7ClFNO. The average Bonchev–Trinajstić information content (AvgIpc) is 1.89. The van der Waals surface area contributed by atoms with Gasteiger partial charge in [0.05, 0.1) is 0 Å². The summed E-state index contributed by atoms with van der Waals surface area (Å²) >= 11 is 0. The molecule has 0 heterocycles. The van der Waals surface area contributed by atoms with E-state index in [1.165, 1.54) is 12.1 Å². The SMILES string of the molecule is Cl.NOc1ccccc1F. The number of benzene rings is 1. The van der Waals surface area contributed by atoms with Gasteiger partial charge in [-0.3, -0.25) is 0 Å². The first-order valence-corrected chi connectivity index (χ1v) is 2.46. The van der Waals surface area contributed by atoms with E-state index in [9.17, 15) is 4.39 Å². The smallest absolute Gasteiger partial charge is 0.182 e. The third-order valence-electron chi connectivity index (χ3n) is 0.964. The van der Waals surface area contributed by atoms with Gasteiger partial charge in [-0.2, -0.15) is 5.90 Å². The largest absolute Gasteiger partial charge is 0.408 e. The van der Waals surface area contributed by atoms with Gasteiger partial charge in [0.25, 0.3) is 0 Å². The molecule has 56 valence electrons. The minimum atomic E-state index is -0.444. The lowest BCUT2D eigenvalue weighted by atomic mass is 10.3. The van der Waals surface area contributed by atoms with E-state index in [4.69, 9.17) is 5.90 Å². The Bertz CT molecular complexity index is 207. The van der Waals surface area contributed by atoms with E-state index in [0.29, 0.717) is 0 Å². The van der Waals surface area contributed by atoms with E-state index in [2.05, 4.69) is 4.84 Å². The Kier molecular flexibility index (Phi) is 3.76. The van der Waals surface area contributed by atoms with E-state index in [1.54, 1.807) is 12.1 Å². The third-order valence-corrected chi connectivity index (χ3v) is 0.964. The second kappa shape index (κ2) is 4.09. The van der Waals surface area contributed by atoms with Crippen LogP contribution < -0.4 is 10.7 Å². The second-order valence-corrected chi connectivity index (χ2v) is 1.55. The second-order valence-electron chi connectivity index (χ2n) is 1.55. The van der Waals surface area contributed by atoms with E-state index >= 15 is 0 Å². The molecule has 0 atom stereocenters. The van der Waals surface area contributed by atoms with Crippen LogP contribution in [-0.4, -0.2) is 0 Å².